The summed E-state index contributed by atoms with van der Waals surface area (Å²) < 4.78 is 1.60. The number of hydrogen-bond acceptors (Lipinski definition) is 3. The molecule has 3 rings (SSSR count). The summed E-state index contributed by atoms with van der Waals surface area (Å²) in [5.41, 5.74) is 2.44. The molecule has 0 bridgehead atoms. The van der Waals surface area contributed by atoms with Crippen LogP contribution in [0.15, 0.2) is 24.3 Å². The van der Waals surface area contributed by atoms with E-state index in [2.05, 4.69) is 5.10 Å². The minimum absolute atomic E-state index is 0.0295. The highest BCUT2D eigenvalue weighted by Crippen LogP contribution is 2.23. The molecule has 0 atom stereocenters. The largest absolute Gasteiger partial charge is 0.476 e. The van der Waals surface area contributed by atoms with Crippen molar-refractivity contribution >= 4 is 23.5 Å². The highest BCUT2D eigenvalue weighted by Gasteiger charge is 2.29. The first-order valence-electron chi connectivity index (χ1n) is 7.26. The van der Waals surface area contributed by atoms with Gasteiger partial charge in [0.2, 0.25) is 5.91 Å². The number of aromatic carboxylic acids is 1. The van der Waals surface area contributed by atoms with Crippen molar-refractivity contribution < 1.29 is 14.7 Å². The summed E-state index contributed by atoms with van der Waals surface area (Å²) in [5.74, 6) is -1.09. The van der Waals surface area contributed by atoms with Gasteiger partial charge in [0.15, 0.2) is 5.69 Å². The van der Waals surface area contributed by atoms with Crippen LogP contribution in [0.5, 0.6) is 0 Å². The quantitative estimate of drug-likeness (QED) is 0.930. The van der Waals surface area contributed by atoms with Gasteiger partial charge >= 0.3 is 5.97 Å². The van der Waals surface area contributed by atoms with Crippen LogP contribution in [-0.2, 0) is 31.2 Å². The lowest BCUT2D eigenvalue weighted by atomic mass is 10.0. The highest BCUT2D eigenvalue weighted by atomic mass is 35.5. The van der Waals surface area contributed by atoms with Crippen LogP contribution >= 0.6 is 11.6 Å². The average Bonchev–Trinajstić information content (AvgIpc) is 2.86. The van der Waals surface area contributed by atoms with Gasteiger partial charge in [-0.2, -0.15) is 5.10 Å². The molecule has 2 heterocycles. The Morgan fingerprint density at radius 3 is 2.65 bits per heavy atom. The third kappa shape index (κ3) is 3.07. The fourth-order valence-corrected chi connectivity index (χ4v) is 2.99. The third-order valence-electron chi connectivity index (χ3n) is 4.07. The number of carbonyl (C=O) groups is 2. The molecule has 2 aromatic rings. The predicted octanol–water partition coefficient (Wildman–Crippen LogP) is 1.90. The molecule has 7 heteroatoms. The Hall–Kier alpha value is -2.34. The minimum atomic E-state index is -1.06. The van der Waals surface area contributed by atoms with Crippen LogP contribution in [0.25, 0.3) is 0 Å². The number of benzene rings is 1. The molecule has 6 nitrogen and oxygen atoms in total. The van der Waals surface area contributed by atoms with Gasteiger partial charge < -0.3 is 10.0 Å². The van der Waals surface area contributed by atoms with Gasteiger partial charge in [-0.05, 0) is 17.7 Å². The number of fused-ring (bicyclic) bond motifs is 1. The molecular formula is C16H16ClN3O3. The molecule has 1 aliphatic heterocycles. The molecule has 23 heavy (non-hydrogen) atoms. The molecule has 0 radical (unpaired) electrons. The molecule has 0 spiro atoms. The van der Waals surface area contributed by atoms with Gasteiger partial charge in [-0.25, -0.2) is 4.79 Å². The number of carboxylic acid groups (broad SMARTS) is 1. The zero-order valence-corrected chi connectivity index (χ0v) is 13.4. The van der Waals surface area contributed by atoms with Crippen molar-refractivity contribution in [2.75, 3.05) is 6.54 Å². The highest BCUT2D eigenvalue weighted by molar-refractivity contribution is 6.30. The summed E-state index contributed by atoms with van der Waals surface area (Å²) in [6.45, 7) is 0.856. The SMILES string of the molecule is Cn1nc(C(=O)O)c2c1CCN(C(=O)Cc1ccc(Cl)cc1)C2. The van der Waals surface area contributed by atoms with Gasteiger partial charge in [0.1, 0.15) is 0 Å². The van der Waals surface area contributed by atoms with E-state index in [1.54, 1.807) is 28.8 Å². The molecule has 1 aromatic heterocycles. The molecule has 0 unspecified atom stereocenters. The Balaban J connectivity index is 1.77. The van der Waals surface area contributed by atoms with E-state index in [0.29, 0.717) is 23.6 Å². The van der Waals surface area contributed by atoms with Crippen molar-refractivity contribution in [3.8, 4) is 0 Å². The molecular weight excluding hydrogens is 318 g/mol. The summed E-state index contributed by atoms with van der Waals surface area (Å²) >= 11 is 5.84. The Kier molecular flexibility index (Phi) is 4.09. The van der Waals surface area contributed by atoms with Gasteiger partial charge in [0, 0.05) is 42.8 Å². The molecule has 1 aliphatic rings. The van der Waals surface area contributed by atoms with Crippen molar-refractivity contribution in [1.82, 2.24) is 14.7 Å². The van der Waals surface area contributed by atoms with E-state index in [0.717, 1.165) is 11.3 Å². The third-order valence-corrected chi connectivity index (χ3v) is 4.32. The topological polar surface area (TPSA) is 75.4 Å². The maximum Gasteiger partial charge on any atom is 0.356 e. The Morgan fingerprint density at radius 1 is 1.30 bits per heavy atom. The number of amides is 1. The van der Waals surface area contributed by atoms with Gasteiger partial charge in [0.05, 0.1) is 6.42 Å². The van der Waals surface area contributed by atoms with Crippen LogP contribution in [-0.4, -0.2) is 38.2 Å². The Labute approximate surface area is 138 Å². The molecule has 1 amide bonds. The fourth-order valence-electron chi connectivity index (χ4n) is 2.87. The standard InChI is InChI=1S/C16H16ClN3O3/c1-19-13-6-7-20(9-12(13)15(18-19)16(22)23)14(21)8-10-2-4-11(17)5-3-10/h2-5H,6-9H2,1H3,(H,22,23). The summed E-state index contributed by atoms with van der Waals surface area (Å²) in [5, 5.41) is 13.9. The lowest BCUT2D eigenvalue weighted by molar-refractivity contribution is -0.131. The van der Waals surface area contributed by atoms with E-state index in [4.69, 9.17) is 11.6 Å². The first-order valence-corrected chi connectivity index (χ1v) is 7.63. The first kappa shape index (κ1) is 15.6. The second-order valence-corrected chi connectivity index (χ2v) is 6.01. The smallest absolute Gasteiger partial charge is 0.356 e. The number of aromatic nitrogens is 2. The van der Waals surface area contributed by atoms with Crippen molar-refractivity contribution in [2.24, 2.45) is 7.05 Å². The lowest BCUT2D eigenvalue weighted by Crippen LogP contribution is -2.37. The number of carbonyl (C=O) groups excluding carboxylic acids is 1. The normalized spacial score (nSPS) is 13.7. The Morgan fingerprint density at radius 2 is 2.00 bits per heavy atom. The maximum atomic E-state index is 12.5. The van der Waals surface area contributed by atoms with Crippen molar-refractivity contribution in [3.05, 3.63) is 51.8 Å². The summed E-state index contributed by atoms with van der Waals surface area (Å²) in [7, 11) is 1.73. The Bertz CT molecular complexity index is 768. The van der Waals surface area contributed by atoms with Crippen LogP contribution in [0.3, 0.4) is 0 Å². The number of carboxylic acids is 1. The van der Waals surface area contributed by atoms with Crippen molar-refractivity contribution in [3.63, 3.8) is 0 Å². The second-order valence-electron chi connectivity index (χ2n) is 5.57. The molecule has 1 aromatic carbocycles. The van der Waals surface area contributed by atoms with Crippen molar-refractivity contribution in [1.29, 1.82) is 0 Å². The van der Waals surface area contributed by atoms with E-state index in [1.165, 1.54) is 0 Å². The molecule has 0 fully saturated rings. The van der Waals surface area contributed by atoms with Crippen LogP contribution in [0, 0.1) is 0 Å². The van der Waals surface area contributed by atoms with Crippen LogP contribution in [0.2, 0.25) is 5.02 Å². The molecule has 0 saturated carbocycles. The zero-order valence-electron chi connectivity index (χ0n) is 12.6. The van der Waals surface area contributed by atoms with E-state index >= 15 is 0 Å². The lowest BCUT2D eigenvalue weighted by Gasteiger charge is -2.27. The van der Waals surface area contributed by atoms with Crippen LogP contribution in [0.1, 0.15) is 27.3 Å². The minimum Gasteiger partial charge on any atom is -0.476 e. The predicted molar refractivity (Wildman–Crippen MR) is 84.4 cm³/mol. The van der Waals surface area contributed by atoms with Gasteiger partial charge in [-0.1, -0.05) is 23.7 Å². The summed E-state index contributed by atoms with van der Waals surface area (Å²) in [6, 6.07) is 7.15. The molecule has 0 aliphatic carbocycles. The maximum absolute atomic E-state index is 12.5. The first-order chi connectivity index (χ1) is 11.0. The number of hydrogen-bond donors (Lipinski definition) is 1. The molecule has 1 N–H and O–H groups in total. The van der Waals surface area contributed by atoms with Crippen LogP contribution in [0.4, 0.5) is 0 Å². The second kappa shape index (κ2) is 6.04. The monoisotopic (exact) mass is 333 g/mol. The number of halogens is 1. The van der Waals surface area contributed by atoms with Gasteiger partial charge in [0.25, 0.3) is 0 Å². The summed E-state index contributed by atoms with van der Waals surface area (Å²) in [4.78, 5) is 25.4. The summed E-state index contributed by atoms with van der Waals surface area (Å²) in [6.07, 6.45) is 0.883. The van der Waals surface area contributed by atoms with E-state index < -0.39 is 5.97 Å². The van der Waals surface area contributed by atoms with Crippen LogP contribution < -0.4 is 0 Å². The van der Waals surface area contributed by atoms with Gasteiger partial charge in [-0.3, -0.25) is 9.48 Å². The number of aryl methyl sites for hydroxylation is 1. The van der Waals surface area contributed by atoms with Crippen molar-refractivity contribution in [2.45, 2.75) is 19.4 Å². The number of nitrogens with zero attached hydrogens (tertiary/aromatic N) is 3. The molecule has 0 saturated heterocycles. The van der Waals surface area contributed by atoms with E-state index in [-0.39, 0.29) is 24.6 Å². The fraction of sp³-hybridized carbons (Fsp3) is 0.312. The van der Waals surface area contributed by atoms with Gasteiger partial charge in [-0.15, -0.1) is 0 Å². The average molecular weight is 334 g/mol. The zero-order chi connectivity index (χ0) is 16.6. The molecule has 120 valence electrons. The van der Waals surface area contributed by atoms with E-state index in [1.807, 2.05) is 12.1 Å². The van der Waals surface area contributed by atoms with E-state index in [9.17, 15) is 14.7 Å². The number of rotatable bonds is 3.